The van der Waals surface area contributed by atoms with Crippen molar-refractivity contribution in [3.05, 3.63) is 58.9 Å². The van der Waals surface area contributed by atoms with Crippen molar-refractivity contribution in [3.8, 4) is 11.5 Å². The van der Waals surface area contributed by atoms with Crippen LogP contribution in [0.5, 0.6) is 11.5 Å². The maximum absolute atomic E-state index is 13.7. The van der Waals surface area contributed by atoms with Gasteiger partial charge in [0, 0.05) is 17.9 Å². The molecule has 0 aliphatic carbocycles. The van der Waals surface area contributed by atoms with Crippen LogP contribution in [0, 0.1) is 5.82 Å². The highest BCUT2D eigenvalue weighted by atomic mass is 32.2. The molecule has 2 aromatic rings. The molecular formula is C21H21FN2O4S. The number of benzene rings is 2. The molecule has 6 nitrogen and oxygen atoms in total. The van der Waals surface area contributed by atoms with Crippen molar-refractivity contribution >= 4 is 23.6 Å². The lowest BCUT2D eigenvalue weighted by Gasteiger charge is -2.22. The molecule has 0 radical (unpaired) electrons. The van der Waals surface area contributed by atoms with Gasteiger partial charge in [-0.2, -0.15) is 0 Å². The van der Waals surface area contributed by atoms with E-state index in [1.807, 2.05) is 6.07 Å². The predicted molar refractivity (Wildman–Crippen MR) is 108 cm³/mol. The minimum atomic E-state index is -0.582. The Hall–Kier alpha value is -2.74. The first-order valence-corrected chi connectivity index (χ1v) is 10.3. The first-order valence-electron chi connectivity index (χ1n) is 9.27. The lowest BCUT2D eigenvalue weighted by Crippen LogP contribution is -2.46. The van der Waals surface area contributed by atoms with E-state index in [2.05, 4.69) is 5.32 Å². The van der Waals surface area contributed by atoms with E-state index in [-0.39, 0.29) is 23.0 Å². The molecule has 8 heteroatoms. The minimum Gasteiger partial charge on any atom is -0.493 e. The van der Waals surface area contributed by atoms with Crippen LogP contribution in [0.25, 0.3) is 0 Å². The molecule has 0 unspecified atom stereocenters. The van der Waals surface area contributed by atoms with Crippen molar-refractivity contribution in [2.45, 2.75) is 17.8 Å². The largest absolute Gasteiger partial charge is 0.493 e. The highest BCUT2D eigenvalue weighted by molar-refractivity contribution is 7.99. The average Bonchev–Trinajstić information content (AvgIpc) is 3.28. The summed E-state index contributed by atoms with van der Waals surface area (Å²) in [7, 11) is 3.01. The van der Waals surface area contributed by atoms with E-state index in [4.69, 9.17) is 9.47 Å². The Morgan fingerprint density at radius 2 is 2.03 bits per heavy atom. The molecule has 29 heavy (non-hydrogen) atoms. The molecule has 0 bridgehead atoms. The fourth-order valence-electron chi connectivity index (χ4n) is 3.83. The molecule has 2 amide bonds. The third-order valence-corrected chi connectivity index (χ3v) is 6.55. The highest BCUT2D eigenvalue weighted by Gasteiger charge is 2.50. The lowest BCUT2D eigenvalue weighted by molar-refractivity contribution is -0.124. The van der Waals surface area contributed by atoms with E-state index in [1.165, 1.54) is 20.3 Å². The Morgan fingerprint density at radius 1 is 1.24 bits per heavy atom. The predicted octanol–water partition coefficient (Wildman–Crippen LogP) is 2.77. The van der Waals surface area contributed by atoms with Gasteiger partial charge in [0.05, 0.1) is 19.8 Å². The summed E-state index contributed by atoms with van der Waals surface area (Å²) in [6.07, 6.45) is 0.390. The lowest BCUT2D eigenvalue weighted by atomic mass is 10.1. The summed E-state index contributed by atoms with van der Waals surface area (Å²) in [6, 6.07) is 9.54. The summed E-state index contributed by atoms with van der Waals surface area (Å²) in [4.78, 5) is 27.5. The zero-order chi connectivity index (χ0) is 20.5. The molecule has 1 fully saturated rings. The molecule has 2 aliphatic heterocycles. The smallest absolute Gasteiger partial charge is 0.260 e. The number of methoxy groups -OCH3 is 2. The van der Waals surface area contributed by atoms with Gasteiger partial charge in [0.25, 0.3) is 5.91 Å². The van der Waals surface area contributed by atoms with Crippen LogP contribution in [0.3, 0.4) is 0 Å². The van der Waals surface area contributed by atoms with Gasteiger partial charge in [-0.1, -0.05) is 24.3 Å². The zero-order valence-corrected chi connectivity index (χ0v) is 16.9. The number of rotatable bonds is 6. The normalized spacial score (nSPS) is 19.7. The Morgan fingerprint density at radius 3 is 2.76 bits per heavy atom. The molecule has 2 heterocycles. The van der Waals surface area contributed by atoms with Crippen molar-refractivity contribution in [2.24, 2.45) is 0 Å². The number of fused-ring (bicyclic) bond motifs is 3. The first-order chi connectivity index (χ1) is 14.1. The van der Waals surface area contributed by atoms with Gasteiger partial charge in [0.15, 0.2) is 11.5 Å². The molecule has 2 aliphatic rings. The van der Waals surface area contributed by atoms with Gasteiger partial charge >= 0.3 is 0 Å². The van der Waals surface area contributed by atoms with Gasteiger partial charge in [-0.25, -0.2) is 4.39 Å². The molecule has 2 aromatic carbocycles. The van der Waals surface area contributed by atoms with Crippen LogP contribution in [0.1, 0.15) is 26.9 Å². The van der Waals surface area contributed by atoms with Gasteiger partial charge < -0.3 is 19.7 Å². The second-order valence-corrected chi connectivity index (χ2v) is 7.92. The number of hydrogen-bond donors (Lipinski definition) is 1. The maximum atomic E-state index is 13.7. The number of amides is 2. The molecule has 1 saturated heterocycles. The fourth-order valence-corrected chi connectivity index (χ4v) is 5.29. The summed E-state index contributed by atoms with van der Waals surface area (Å²) in [5.41, 5.74) is 1.83. The van der Waals surface area contributed by atoms with Crippen LogP contribution in [0.2, 0.25) is 0 Å². The topological polar surface area (TPSA) is 67.9 Å². The fraction of sp³-hybridized carbons (Fsp3) is 0.333. The summed E-state index contributed by atoms with van der Waals surface area (Å²) in [5.74, 6) is 0.628. The van der Waals surface area contributed by atoms with E-state index in [0.29, 0.717) is 41.3 Å². The Kier molecular flexibility index (Phi) is 5.36. The first kappa shape index (κ1) is 19.6. The van der Waals surface area contributed by atoms with E-state index < -0.39 is 6.04 Å². The molecule has 0 spiro atoms. The molecule has 1 N–H and O–H groups in total. The van der Waals surface area contributed by atoms with Crippen molar-refractivity contribution < 1.29 is 23.5 Å². The van der Waals surface area contributed by atoms with Crippen LogP contribution >= 0.6 is 11.8 Å². The van der Waals surface area contributed by atoms with Crippen LogP contribution in [-0.4, -0.2) is 49.3 Å². The Bertz CT molecular complexity index is 968. The number of carbonyl (C=O) groups excluding carboxylic acids is 2. The van der Waals surface area contributed by atoms with Gasteiger partial charge in [-0.3, -0.25) is 9.59 Å². The Balaban J connectivity index is 1.48. The van der Waals surface area contributed by atoms with E-state index in [0.717, 1.165) is 5.56 Å². The summed E-state index contributed by atoms with van der Waals surface area (Å²) >= 11 is 1.55. The summed E-state index contributed by atoms with van der Waals surface area (Å²) in [6.45, 7) is 0.303. The number of carbonyl (C=O) groups is 2. The molecule has 152 valence electrons. The van der Waals surface area contributed by atoms with Crippen LogP contribution in [0.4, 0.5) is 4.39 Å². The van der Waals surface area contributed by atoms with Gasteiger partial charge in [0.1, 0.15) is 17.2 Å². The molecule has 4 rings (SSSR count). The quantitative estimate of drug-likeness (QED) is 0.784. The highest BCUT2D eigenvalue weighted by Crippen LogP contribution is 2.52. The SMILES string of the molecule is COc1ccc2c(c1OC)C(=O)N1[C@@H]2SC[C@H]1C(=O)NCCc1ccccc1F. The number of nitrogens with zero attached hydrogens (tertiary/aromatic N) is 1. The third kappa shape index (κ3) is 3.31. The Labute approximate surface area is 172 Å². The molecule has 0 saturated carbocycles. The monoisotopic (exact) mass is 416 g/mol. The standard InChI is InChI=1S/C21H21FN2O4S/c1-27-16-8-7-13-17(18(16)28-2)20(26)24-15(11-29-21(13)24)19(25)23-10-9-12-5-3-4-6-14(12)22/h3-8,15,21H,9-11H2,1-2H3,(H,23,25)/t15-,21+/m0/s1. The zero-order valence-electron chi connectivity index (χ0n) is 16.1. The number of hydrogen-bond acceptors (Lipinski definition) is 5. The minimum absolute atomic E-state index is 0.223. The van der Waals surface area contributed by atoms with Gasteiger partial charge in [0.2, 0.25) is 5.91 Å². The second-order valence-electron chi connectivity index (χ2n) is 6.81. The van der Waals surface area contributed by atoms with Crippen molar-refractivity contribution in [3.63, 3.8) is 0 Å². The van der Waals surface area contributed by atoms with Crippen LogP contribution in [0.15, 0.2) is 36.4 Å². The van der Waals surface area contributed by atoms with Crippen LogP contribution < -0.4 is 14.8 Å². The molecule has 2 atom stereocenters. The van der Waals surface area contributed by atoms with Crippen LogP contribution in [-0.2, 0) is 11.2 Å². The van der Waals surface area contributed by atoms with E-state index >= 15 is 0 Å². The second kappa shape index (κ2) is 7.94. The summed E-state index contributed by atoms with van der Waals surface area (Å²) in [5, 5.41) is 2.62. The number of nitrogens with one attached hydrogen (secondary N) is 1. The van der Waals surface area contributed by atoms with Crippen molar-refractivity contribution in [2.75, 3.05) is 26.5 Å². The van der Waals surface area contributed by atoms with Gasteiger partial charge in [-0.05, 0) is 24.1 Å². The number of thioether (sulfide) groups is 1. The number of halogens is 1. The molecule has 0 aromatic heterocycles. The maximum Gasteiger partial charge on any atom is 0.260 e. The van der Waals surface area contributed by atoms with E-state index in [9.17, 15) is 14.0 Å². The van der Waals surface area contributed by atoms with Crippen molar-refractivity contribution in [1.82, 2.24) is 10.2 Å². The van der Waals surface area contributed by atoms with Crippen molar-refractivity contribution in [1.29, 1.82) is 0 Å². The van der Waals surface area contributed by atoms with Gasteiger partial charge in [-0.15, -0.1) is 11.8 Å². The third-order valence-electron chi connectivity index (χ3n) is 5.25. The molecular weight excluding hydrogens is 395 g/mol. The average molecular weight is 416 g/mol. The number of ether oxygens (including phenoxy) is 2. The summed E-state index contributed by atoms with van der Waals surface area (Å²) < 4.78 is 24.5. The van der Waals surface area contributed by atoms with E-state index in [1.54, 1.807) is 40.9 Å².